The molecule has 2 aliphatic rings. The third kappa shape index (κ3) is 2.84. The lowest BCUT2D eigenvalue weighted by Gasteiger charge is -2.08. The highest BCUT2D eigenvalue weighted by Gasteiger charge is 2.01. The first kappa shape index (κ1) is 8.93. The highest BCUT2D eigenvalue weighted by Crippen LogP contribution is 2.28. The molecule has 12 heavy (non-hydrogen) atoms. The zero-order valence-corrected chi connectivity index (χ0v) is 7.04. The zero-order valence-electron chi connectivity index (χ0n) is 6.23. The van der Waals surface area contributed by atoms with Crippen LogP contribution in [0.4, 0.5) is 4.79 Å². The number of hydrogen-bond acceptors (Lipinski definition) is 2. The summed E-state index contributed by atoms with van der Waals surface area (Å²) in [4.78, 5) is 9.96. The summed E-state index contributed by atoms with van der Waals surface area (Å²) >= 11 is 1.92. The van der Waals surface area contributed by atoms with E-state index < -0.39 is 6.16 Å². The Bertz CT molecular complexity index is 241. The van der Waals surface area contributed by atoms with Gasteiger partial charge >= 0.3 is 6.16 Å². The van der Waals surface area contributed by atoms with Crippen LogP contribution in [-0.2, 0) is 5.75 Å². The van der Waals surface area contributed by atoms with Crippen molar-refractivity contribution in [1.29, 1.82) is 0 Å². The predicted molar refractivity (Wildman–Crippen MR) is 46.7 cm³/mol. The molecule has 0 saturated carbocycles. The molecule has 1 aromatic carbocycles. The molecule has 1 aromatic rings. The van der Waals surface area contributed by atoms with Gasteiger partial charge in [0.2, 0.25) is 0 Å². The van der Waals surface area contributed by atoms with E-state index in [1.165, 1.54) is 16.2 Å². The van der Waals surface area contributed by atoms with Crippen molar-refractivity contribution in [3.8, 4) is 0 Å². The topological polar surface area (TPSA) is 57.5 Å². The summed E-state index contributed by atoms with van der Waals surface area (Å²) in [5.41, 5.74) is 1.45. The molecule has 0 radical (unpaired) electrons. The van der Waals surface area contributed by atoms with Crippen molar-refractivity contribution in [3.05, 3.63) is 29.8 Å². The average Bonchev–Trinajstić information content (AvgIpc) is 2.07. The number of carboxylic acid groups (broad SMARTS) is 2. The fraction of sp³-hybridized carbons (Fsp3) is 0.125. The molecular weight excluding hydrogens is 176 g/mol. The molecule has 3 nitrogen and oxygen atoms in total. The molecule has 0 aliphatic carbocycles. The normalized spacial score (nSPS) is 11.7. The Morgan fingerprint density at radius 2 is 1.75 bits per heavy atom. The summed E-state index contributed by atoms with van der Waals surface area (Å²) in [6.07, 6.45) is -1.83. The van der Waals surface area contributed by atoms with Crippen LogP contribution in [0.25, 0.3) is 0 Å². The Labute approximate surface area is 74.0 Å². The first-order chi connectivity index (χ1) is 5.68. The van der Waals surface area contributed by atoms with Gasteiger partial charge < -0.3 is 10.2 Å². The van der Waals surface area contributed by atoms with Crippen LogP contribution in [0.15, 0.2) is 29.2 Å². The van der Waals surface area contributed by atoms with E-state index in [0.717, 1.165) is 0 Å². The van der Waals surface area contributed by atoms with Gasteiger partial charge in [-0.15, -0.1) is 11.8 Å². The molecule has 2 bridgehead atoms. The summed E-state index contributed by atoms with van der Waals surface area (Å²) in [6.45, 7) is 0. The van der Waals surface area contributed by atoms with Crippen molar-refractivity contribution in [2.24, 2.45) is 0 Å². The van der Waals surface area contributed by atoms with Crippen molar-refractivity contribution >= 4 is 17.9 Å². The predicted octanol–water partition coefficient (Wildman–Crippen LogP) is 2.51. The standard InChI is InChI=1S/C7H6S.CH2O3/c1-3-7-4-2-6(1)5-8-7;2-1(3)4/h1-4H,5H2;(H2,2,3,4). The Kier molecular flexibility index (Phi) is 2.99. The first-order valence-electron chi connectivity index (χ1n) is 3.32. The molecule has 0 unspecified atom stereocenters. The van der Waals surface area contributed by atoms with E-state index >= 15 is 0 Å². The van der Waals surface area contributed by atoms with Crippen LogP contribution in [0.1, 0.15) is 5.56 Å². The van der Waals surface area contributed by atoms with Gasteiger partial charge in [0, 0.05) is 10.6 Å². The molecular formula is C8H8O3S. The van der Waals surface area contributed by atoms with Crippen LogP contribution in [0, 0.1) is 0 Å². The fourth-order valence-electron chi connectivity index (χ4n) is 0.849. The number of benzene rings is 1. The Morgan fingerprint density at radius 3 is 1.83 bits per heavy atom. The summed E-state index contributed by atoms with van der Waals surface area (Å²) in [5.74, 6) is 1.18. The lowest BCUT2D eigenvalue weighted by atomic mass is 10.2. The van der Waals surface area contributed by atoms with E-state index in [1.54, 1.807) is 0 Å². The van der Waals surface area contributed by atoms with Gasteiger partial charge in [0.15, 0.2) is 0 Å². The van der Waals surface area contributed by atoms with Crippen LogP contribution < -0.4 is 0 Å². The maximum atomic E-state index is 8.56. The van der Waals surface area contributed by atoms with Crippen molar-refractivity contribution in [2.75, 3.05) is 0 Å². The van der Waals surface area contributed by atoms with Crippen LogP contribution in [0.2, 0.25) is 0 Å². The molecule has 0 fully saturated rings. The van der Waals surface area contributed by atoms with Crippen LogP contribution in [0.5, 0.6) is 0 Å². The van der Waals surface area contributed by atoms with E-state index in [4.69, 9.17) is 15.0 Å². The number of hydrogen-bond donors (Lipinski definition) is 2. The van der Waals surface area contributed by atoms with Gasteiger partial charge in [-0.25, -0.2) is 4.79 Å². The first-order valence-corrected chi connectivity index (χ1v) is 4.30. The fourth-order valence-corrected chi connectivity index (χ4v) is 1.70. The Balaban J connectivity index is 0.000000157. The van der Waals surface area contributed by atoms with E-state index in [-0.39, 0.29) is 0 Å². The highest BCUT2D eigenvalue weighted by atomic mass is 32.2. The van der Waals surface area contributed by atoms with E-state index in [2.05, 4.69) is 24.3 Å². The number of thioether (sulfide) groups is 1. The SMILES string of the molecule is O=C(O)O.c1cc2ccc1CS2. The summed E-state index contributed by atoms with van der Waals surface area (Å²) < 4.78 is 0. The van der Waals surface area contributed by atoms with E-state index in [1.807, 2.05) is 11.8 Å². The third-order valence-corrected chi connectivity index (χ3v) is 2.41. The molecule has 0 aromatic heterocycles. The maximum absolute atomic E-state index is 8.56. The molecule has 4 heteroatoms. The number of carbonyl (C=O) groups is 1. The van der Waals surface area contributed by atoms with E-state index in [0.29, 0.717) is 0 Å². The lowest BCUT2D eigenvalue weighted by molar-refractivity contribution is 0.137. The van der Waals surface area contributed by atoms with Crippen molar-refractivity contribution in [2.45, 2.75) is 10.6 Å². The molecule has 0 saturated heterocycles. The average molecular weight is 184 g/mol. The smallest absolute Gasteiger partial charge is 0.450 e. The summed E-state index contributed by atoms with van der Waals surface area (Å²) in [6, 6.07) is 8.71. The molecule has 64 valence electrons. The Hall–Kier alpha value is -1.16. The molecule has 2 heterocycles. The molecule has 0 amide bonds. The van der Waals surface area contributed by atoms with Crippen LogP contribution in [-0.4, -0.2) is 16.4 Å². The van der Waals surface area contributed by atoms with Gasteiger partial charge in [-0.2, -0.15) is 0 Å². The minimum Gasteiger partial charge on any atom is -0.450 e. The molecule has 0 spiro atoms. The second-order valence-corrected chi connectivity index (χ2v) is 3.26. The molecule has 3 rings (SSSR count). The minimum atomic E-state index is -1.83. The van der Waals surface area contributed by atoms with Crippen LogP contribution >= 0.6 is 11.8 Å². The number of rotatable bonds is 0. The van der Waals surface area contributed by atoms with Crippen LogP contribution in [0.3, 0.4) is 0 Å². The lowest BCUT2D eigenvalue weighted by Crippen LogP contribution is -1.86. The summed E-state index contributed by atoms with van der Waals surface area (Å²) in [7, 11) is 0. The van der Waals surface area contributed by atoms with Gasteiger partial charge in [0.1, 0.15) is 0 Å². The molecule has 0 atom stereocenters. The minimum absolute atomic E-state index is 1.18. The van der Waals surface area contributed by atoms with Crippen molar-refractivity contribution in [3.63, 3.8) is 0 Å². The monoisotopic (exact) mass is 184 g/mol. The third-order valence-electron chi connectivity index (χ3n) is 1.33. The highest BCUT2D eigenvalue weighted by molar-refractivity contribution is 7.98. The Morgan fingerprint density at radius 1 is 1.25 bits per heavy atom. The van der Waals surface area contributed by atoms with Gasteiger partial charge in [-0.3, -0.25) is 0 Å². The van der Waals surface area contributed by atoms with Crippen molar-refractivity contribution in [1.82, 2.24) is 0 Å². The maximum Gasteiger partial charge on any atom is 0.503 e. The quantitative estimate of drug-likeness (QED) is 0.650. The molecule has 2 aliphatic heterocycles. The van der Waals surface area contributed by atoms with Gasteiger partial charge in [0.25, 0.3) is 0 Å². The van der Waals surface area contributed by atoms with Gasteiger partial charge in [-0.1, -0.05) is 12.1 Å². The van der Waals surface area contributed by atoms with Gasteiger partial charge in [0.05, 0.1) is 0 Å². The van der Waals surface area contributed by atoms with E-state index in [9.17, 15) is 0 Å². The number of fused-ring (bicyclic) bond motifs is 3. The second-order valence-electron chi connectivity index (χ2n) is 2.22. The second kappa shape index (κ2) is 4.01. The van der Waals surface area contributed by atoms with Crippen molar-refractivity contribution < 1.29 is 15.0 Å². The summed E-state index contributed by atoms with van der Waals surface area (Å²) in [5, 5.41) is 13.9. The van der Waals surface area contributed by atoms with Gasteiger partial charge in [-0.05, 0) is 17.7 Å². The zero-order chi connectivity index (χ0) is 8.97. The largest absolute Gasteiger partial charge is 0.503 e. The molecule has 2 N–H and O–H groups in total.